The molecule has 2 rings (SSSR count). The minimum absolute atomic E-state index is 0.143. The van der Waals surface area contributed by atoms with E-state index < -0.39 is 0 Å². The fraction of sp³-hybridized carbons (Fsp3) is 0.235. The summed E-state index contributed by atoms with van der Waals surface area (Å²) in [6.07, 6.45) is 1.98. The first kappa shape index (κ1) is 15.1. The molecule has 0 fully saturated rings. The smallest absolute Gasteiger partial charge is 0.228 e. The van der Waals surface area contributed by atoms with Crippen LogP contribution >= 0.6 is 0 Å². The fourth-order valence-electron chi connectivity index (χ4n) is 2.15. The summed E-state index contributed by atoms with van der Waals surface area (Å²) in [6.45, 7) is 0.657. The van der Waals surface area contributed by atoms with Crippen molar-refractivity contribution in [3.63, 3.8) is 0 Å². The van der Waals surface area contributed by atoms with Gasteiger partial charge in [0.1, 0.15) is 5.75 Å². The summed E-state index contributed by atoms with van der Waals surface area (Å²) in [5.74, 6) is -0.00294. The van der Waals surface area contributed by atoms with Gasteiger partial charge in [0.05, 0.1) is 6.42 Å². The first-order valence-corrected chi connectivity index (χ1v) is 7.05. The summed E-state index contributed by atoms with van der Waals surface area (Å²) in [5, 5.41) is 12.5. The van der Waals surface area contributed by atoms with Crippen molar-refractivity contribution in [3.05, 3.63) is 59.7 Å². The number of aryl methyl sites for hydroxylation is 1. The van der Waals surface area contributed by atoms with Gasteiger partial charge in [-0.25, -0.2) is 0 Å². The number of rotatable bonds is 6. The highest BCUT2D eigenvalue weighted by Gasteiger charge is 2.07. The fourth-order valence-corrected chi connectivity index (χ4v) is 2.15. The van der Waals surface area contributed by atoms with Gasteiger partial charge in [0.15, 0.2) is 0 Å². The van der Waals surface area contributed by atoms with Crippen molar-refractivity contribution in [3.8, 4) is 5.75 Å². The summed E-state index contributed by atoms with van der Waals surface area (Å²) in [6, 6.07) is 14.6. The number of anilines is 1. The molecule has 0 saturated heterocycles. The molecule has 0 spiro atoms. The van der Waals surface area contributed by atoms with E-state index in [9.17, 15) is 9.90 Å². The zero-order valence-corrected chi connectivity index (χ0v) is 11.9. The number of nitrogens with one attached hydrogen (secondary N) is 1. The maximum absolute atomic E-state index is 12.0. The van der Waals surface area contributed by atoms with E-state index >= 15 is 0 Å². The lowest BCUT2D eigenvalue weighted by atomic mass is 10.1. The van der Waals surface area contributed by atoms with Crippen molar-refractivity contribution in [2.75, 3.05) is 11.9 Å². The molecule has 4 heteroatoms. The van der Waals surface area contributed by atoms with Gasteiger partial charge in [-0.15, -0.1) is 0 Å². The van der Waals surface area contributed by atoms with Crippen molar-refractivity contribution in [2.45, 2.75) is 19.3 Å². The van der Waals surface area contributed by atoms with E-state index in [4.69, 9.17) is 5.73 Å². The molecule has 1 amide bonds. The van der Waals surface area contributed by atoms with Crippen LogP contribution in [0.2, 0.25) is 0 Å². The molecule has 0 aliphatic carbocycles. The lowest BCUT2D eigenvalue weighted by Crippen LogP contribution is -2.14. The van der Waals surface area contributed by atoms with Gasteiger partial charge >= 0.3 is 0 Å². The Kier molecular flexibility index (Phi) is 5.35. The van der Waals surface area contributed by atoms with E-state index in [0.29, 0.717) is 12.1 Å². The average Bonchev–Trinajstić information content (AvgIpc) is 2.48. The first-order valence-electron chi connectivity index (χ1n) is 7.05. The number of hydrogen-bond donors (Lipinski definition) is 3. The molecule has 0 unspecified atom stereocenters. The molecule has 21 heavy (non-hydrogen) atoms. The van der Waals surface area contributed by atoms with Crippen LogP contribution in [0.3, 0.4) is 0 Å². The van der Waals surface area contributed by atoms with Crippen LogP contribution in [-0.4, -0.2) is 17.6 Å². The van der Waals surface area contributed by atoms with Gasteiger partial charge < -0.3 is 16.2 Å². The Morgan fingerprint density at radius 3 is 2.71 bits per heavy atom. The number of para-hydroxylation sites is 1. The number of amides is 1. The Hall–Kier alpha value is -2.33. The summed E-state index contributed by atoms with van der Waals surface area (Å²) in [4.78, 5) is 12.0. The van der Waals surface area contributed by atoms with Crippen LogP contribution in [0.5, 0.6) is 5.75 Å². The van der Waals surface area contributed by atoms with Gasteiger partial charge in [0, 0.05) is 11.3 Å². The Balaban J connectivity index is 1.98. The van der Waals surface area contributed by atoms with Gasteiger partial charge in [-0.2, -0.15) is 0 Å². The zero-order valence-electron chi connectivity index (χ0n) is 11.9. The normalized spacial score (nSPS) is 10.3. The summed E-state index contributed by atoms with van der Waals surface area (Å²) in [7, 11) is 0. The Bertz CT molecular complexity index is 611. The molecule has 4 N–H and O–H groups in total. The minimum atomic E-state index is -0.146. The lowest BCUT2D eigenvalue weighted by Gasteiger charge is -2.08. The number of aromatic hydroxyl groups is 1. The topological polar surface area (TPSA) is 75.3 Å². The third-order valence-electron chi connectivity index (χ3n) is 3.22. The highest BCUT2D eigenvalue weighted by molar-refractivity contribution is 5.92. The summed E-state index contributed by atoms with van der Waals surface area (Å²) >= 11 is 0. The van der Waals surface area contributed by atoms with Crippen molar-refractivity contribution in [2.24, 2.45) is 5.73 Å². The van der Waals surface area contributed by atoms with Crippen LogP contribution in [0, 0.1) is 0 Å². The number of phenolic OH excluding ortho intramolecular Hbond substituents is 1. The maximum atomic E-state index is 12.0. The van der Waals surface area contributed by atoms with E-state index in [-0.39, 0.29) is 18.1 Å². The monoisotopic (exact) mass is 284 g/mol. The molecule has 2 aromatic carbocycles. The van der Waals surface area contributed by atoms with Gasteiger partial charge in [0.2, 0.25) is 5.91 Å². The molecule has 0 heterocycles. The van der Waals surface area contributed by atoms with Crippen LogP contribution in [-0.2, 0) is 17.6 Å². The minimum Gasteiger partial charge on any atom is -0.508 e. The Morgan fingerprint density at radius 1 is 1.14 bits per heavy atom. The Morgan fingerprint density at radius 2 is 1.95 bits per heavy atom. The van der Waals surface area contributed by atoms with Gasteiger partial charge in [-0.05, 0) is 43.1 Å². The summed E-state index contributed by atoms with van der Waals surface area (Å²) < 4.78 is 0. The molecule has 0 atom stereocenters. The molecule has 0 aliphatic heterocycles. The molecule has 0 radical (unpaired) electrons. The van der Waals surface area contributed by atoms with Crippen molar-refractivity contribution < 1.29 is 9.90 Å². The number of nitrogens with two attached hydrogens (primary N) is 1. The van der Waals surface area contributed by atoms with Crippen LogP contribution in [0.4, 0.5) is 5.69 Å². The molecule has 110 valence electrons. The predicted octanol–water partition coefficient (Wildman–Crippen LogP) is 2.46. The van der Waals surface area contributed by atoms with Gasteiger partial charge in [-0.1, -0.05) is 30.3 Å². The second-order valence-electron chi connectivity index (χ2n) is 4.95. The number of benzene rings is 2. The van der Waals surface area contributed by atoms with Crippen molar-refractivity contribution >= 4 is 11.6 Å². The third-order valence-corrected chi connectivity index (χ3v) is 3.22. The predicted molar refractivity (Wildman–Crippen MR) is 84.3 cm³/mol. The molecule has 0 aromatic heterocycles. The highest BCUT2D eigenvalue weighted by Crippen LogP contribution is 2.17. The molecule has 2 aromatic rings. The number of carbonyl (C=O) groups is 1. The van der Waals surface area contributed by atoms with E-state index in [1.807, 2.05) is 24.3 Å². The van der Waals surface area contributed by atoms with E-state index in [1.165, 1.54) is 0 Å². The highest BCUT2D eigenvalue weighted by atomic mass is 16.3. The largest absolute Gasteiger partial charge is 0.508 e. The standard InChI is InChI=1S/C17H20N2O2/c18-10-4-6-13-5-3-8-15(11-13)19-17(21)12-14-7-1-2-9-16(14)20/h1-3,5,7-9,11,20H,4,6,10,12,18H2,(H,19,21). The number of carbonyl (C=O) groups excluding carboxylic acids is 1. The second kappa shape index (κ2) is 7.45. The molecular formula is C17H20N2O2. The summed E-state index contributed by atoms with van der Waals surface area (Å²) in [5.41, 5.74) is 8.04. The molecular weight excluding hydrogens is 264 g/mol. The molecule has 0 saturated carbocycles. The van der Waals surface area contributed by atoms with Crippen LogP contribution in [0.25, 0.3) is 0 Å². The number of phenols is 1. The number of hydrogen-bond acceptors (Lipinski definition) is 3. The van der Waals surface area contributed by atoms with Crippen LogP contribution in [0.15, 0.2) is 48.5 Å². The molecule has 0 bridgehead atoms. The maximum Gasteiger partial charge on any atom is 0.228 e. The molecule has 4 nitrogen and oxygen atoms in total. The third kappa shape index (κ3) is 4.61. The van der Waals surface area contributed by atoms with E-state index in [2.05, 4.69) is 5.32 Å². The SMILES string of the molecule is NCCCc1cccc(NC(=O)Cc2ccccc2O)c1. The van der Waals surface area contributed by atoms with Crippen molar-refractivity contribution in [1.82, 2.24) is 0 Å². The van der Waals surface area contributed by atoms with E-state index in [0.717, 1.165) is 24.1 Å². The first-order chi connectivity index (χ1) is 10.2. The van der Waals surface area contributed by atoms with Crippen LogP contribution in [0.1, 0.15) is 17.5 Å². The second-order valence-corrected chi connectivity index (χ2v) is 4.95. The van der Waals surface area contributed by atoms with E-state index in [1.54, 1.807) is 24.3 Å². The lowest BCUT2D eigenvalue weighted by molar-refractivity contribution is -0.115. The Labute approximate surface area is 124 Å². The quantitative estimate of drug-likeness (QED) is 0.762. The van der Waals surface area contributed by atoms with Gasteiger partial charge in [-0.3, -0.25) is 4.79 Å². The average molecular weight is 284 g/mol. The zero-order chi connectivity index (χ0) is 15.1. The molecule has 0 aliphatic rings. The van der Waals surface area contributed by atoms with Crippen molar-refractivity contribution in [1.29, 1.82) is 0 Å². The van der Waals surface area contributed by atoms with Crippen LogP contribution < -0.4 is 11.1 Å². The van der Waals surface area contributed by atoms with Gasteiger partial charge in [0.25, 0.3) is 0 Å².